The van der Waals surface area contributed by atoms with E-state index in [0.29, 0.717) is 11.3 Å². The van der Waals surface area contributed by atoms with Gasteiger partial charge in [-0.3, -0.25) is 4.98 Å². The van der Waals surface area contributed by atoms with Crippen LogP contribution in [0.5, 0.6) is 5.75 Å². The summed E-state index contributed by atoms with van der Waals surface area (Å²) in [4.78, 5) is 16.6. The van der Waals surface area contributed by atoms with Crippen LogP contribution in [0.1, 0.15) is 48.0 Å². The first-order chi connectivity index (χ1) is 9.75. The summed E-state index contributed by atoms with van der Waals surface area (Å²) in [5.41, 5.74) is 3.44. The number of aryl methyl sites for hydroxylation is 2. The normalized spacial score (nSPS) is 11.3. The highest BCUT2D eigenvalue weighted by atomic mass is 16.5. The zero-order valence-electron chi connectivity index (χ0n) is 13.2. The molecular weight excluding hydrogens is 262 g/mol. The van der Waals surface area contributed by atoms with Gasteiger partial charge in [-0.05, 0) is 49.2 Å². The maximum atomic E-state index is 12.3. The van der Waals surface area contributed by atoms with Crippen molar-refractivity contribution in [2.45, 2.75) is 40.0 Å². The van der Waals surface area contributed by atoms with Gasteiger partial charge < -0.3 is 4.74 Å². The lowest BCUT2D eigenvalue weighted by atomic mass is 9.91. The molecular formula is C18H21NO2. The fraction of sp³-hybridized carbons (Fsp3) is 0.333. The molecule has 0 aliphatic carbocycles. The number of esters is 1. The van der Waals surface area contributed by atoms with Crippen LogP contribution in [0.25, 0.3) is 0 Å². The van der Waals surface area contributed by atoms with E-state index in [1.807, 2.05) is 32.0 Å². The van der Waals surface area contributed by atoms with Gasteiger partial charge in [-0.15, -0.1) is 0 Å². The minimum absolute atomic E-state index is 0.101. The number of rotatable bonds is 2. The Bertz CT molecular complexity index is 649. The monoisotopic (exact) mass is 283 g/mol. The molecule has 0 unspecified atom stereocenters. The Labute approximate surface area is 126 Å². The first kappa shape index (κ1) is 15.2. The molecule has 0 saturated carbocycles. The molecule has 0 aliphatic heterocycles. The number of hydrogen-bond acceptors (Lipinski definition) is 3. The minimum Gasteiger partial charge on any atom is -0.423 e. The standard InChI is InChI=1S/C18H21NO2/c1-12-8-13(2)10-15(9-12)21-17(20)14-6-7-19-16(11-14)18(3,4)5/h6-11H,1-5H3. The summed E-state index contributed by atoms with van der Waals surface area (Å²) < 4.78 is 5.46. The van der Waals surface area contributed by atoms with Gasteiger partial charge in [0.05, 0.1) is 5.56 Å². The average molecular weight is 283 g/mol. The van der Waals surface area contributed by atoms with E-state index in [0.717, 1.165) is 16.8 Å². The zero-order chi connectivity index (χ0) is 15.6. The molecule has 0 amide bonds. The van der Waals surface area contributed by atoms with E-state index in [2.05, 4.69) is 25.8 Å². The molecule has 0 bridgehead atoms. The predicted octanol–water partition coefficient (Wildman–Crippen LogP) is 4.22. The lowest BCUT2D eigenvalue weighted by Crippen LogP contribution is -2.16. The summed E-state index contributed by atoms with van der Waals surface area (Å²) >= 11 is 0. The van der Waals surface area contributed by atoms with E-state index in [1.54, 1.807) is 18.3 Å². The van der Waals surface area contributed by atoms with Crippen LogP contribution < -0.4 is 4.74 Å². The third-order valence-corrected chi connectivity index (χ3v) is 3.17. The van der Waals surface area contributed by atoms with Crippen LogP contribution in [-0.4, -0.2) is 11.0 Å². The van der Waals surface area contributed by atoms with Crippen molar-refractivity contribution >= 4 is 5.97 Å². The molecule has 1 heterocycles. The molecule has 0 atom stereocenters. The minimum atomic E-state index is -0.354. The number of carbonyl (C=O) groups excluding carboxylic acids is 1. The lowest BCUT2D eigenvalue weighted by molar-refractivity contribution is 0.0734. The Morgan fingerprint density at radius 1 is 1.05 bits per heavy atom. The molecule has 0 N–H and O–H groups in total. The molecule has 2 rings (SSSR count). The first-order valence-electron chi connectivity index (χ1n) is 7.03. The maximum absolute atomic E-state index is 12.3. The van der Waals surface area contributed by atoms with Crippen molar-refractivity contribution in [2.75, 3.05) is 0 Å². The van der Waals surface area contributed by atoms with Gasteiger partial charge in [-0.2, -0.15) is 0 Å². The van der Waals surface area contributed by atoms with Gasteiger partial charge >= 0.3 is 5.97 Å². The highest BCUT2D eigenvalue weighted by Gasteiger charge is 2.18. The fourth-order valence-corrected chi connectivity index (χ4v) is 2.13. The van der Waals surface area contributed by atoms with Crippen LogP contribution >= 0.6 is 0 Å². The van der Waals surface area contributed by atoms with Gasteiger partial charge in [0.2, 0.25) is 0 Å². The van der Waals surface area contributed by atoms with Gasteiger partial charge in [0.25, 0.3) is 0 Å². The van der Waals surface area contributed by atoms with E-state index in [1.165, 1.54) is 0 Å². The highest BCUT2D eigenvalue weighted by Crippen LogP contribution is 2.22. The summed E-state index contributed by atoms with van der Waals surface area (Å²) in [5, 5.41) is 0. The molecule has 0 aliphatic rings. The smallest absolute Gasteiger partial charge is 0.343 e. The topological polar surface area (TPSA) is 39.2 Å². The lowest BCUT2D eigenvalue weighted by Gasteiger charge is -2.17. The van der Waals surface area contributed by atoms with Crippen LogP contribution in [0.2, 0.25) is 0 Å². The molecule has 0 saturated heterocycles. The van der Waals surface area contributed by atoms with E-state index < -0.39 is 0 Å². The highest BCUT2D eigenvalue weighted by molar-refractivity contribution is 5.91. The number of benzene rings is 1. The van der Waals surface area contributed by atoms with Gasteiger partial charge in [0, 0.05) is 17.3 Å². The van der Waals surface area contributed by atoms with Crippen molar-refractivity contribution in [3.8, 4) is 5.75 Å². The Kier molecular flexibility index (Phi) is 4.12. The second kappa shape index (κ2) is 5.68. The number of carbonyl (C=O) groups is 1. The first-order valence-corrected chi connectivity index (χ1v) is 7.03. The second-order valence-electron chi connectivity index (χ2n) is 6.39. The van der Waals surface area contributed by atoms with Gasteiger partial charge in [0.15, 0.2) is 0 Å². The molecule has 21 heavy (non-hydrogen) atoms. The van der Waals surface area contributed by atoms with Crippen LogP contribution in [-0.2, 0) is 5.41 Å². The van der Waals surface area contributed by atoms with Crippen molar-refractivity contribution in [2.24, 2.45) is 0 Å². The average Bonchev–Trinajstić information content (AvgIpc) is 2.36. The van der Waals surface area contributed by atoms with Crippen LogP contribution in [0.15, 0.2) is 36.5 Å². The molecule has 3 nitrogen and oxygen atoms in total. The number of ether oxygens (including phenoxy) is 1. The van der Waals surface area contributed by atoms with Gasteiger partial charge in [-0.1, -0.05) is 26.8 Å². The quantitative estimate of drug-likeness (QED) is 0.612. The Hall–Kier alpha value is -2.16. The van der Waals surface area contributed by atoms with Crippen molar-refractivity contribution in [1.29, 1.82) is 0 Å². The Morgan fingerprint density at radius 3 is 2.24 bits per heavy atom. The summed E-state index contributed by atoms with van der Waals surface area (Å²) in [6, 6.07) is 9.24. The molecule has 3 heteroatoms. The van der Waals surface area contributed by atoms with E-state index >= 15 is 0 Å². The van der Waals surface area contributed by atoms with Crippen molar-refractivity contribution < 1.29 is 9.53 Å². The summed E-state index contributed by atoms with van der Waals surface area (Å²) in [7, 11) is 0. The van der Waals surface area contributed by atoms with Crippen LogP contribution in [0, 0.1) is 13.8 Å². The predicted molar refractivity (Wildman–Crippen MR) is 83.8 cm³/mol. The third-order valence-electron chi connectivity index (χ3n) is 3.17. The number of aromatic nitrogens is 1. The second-order valence-corrected chi connectivity index (χ2v) is 6.39. The summed E-state index contributed by atoms with van der Waals surface area (Å²) in [5.74, 6) is 0.222. The van der Waals surface area contributed by atoms with Crippen molar-refractivity contribution in [1.82, 2.24) is 4.98 Å². The summed E-state index contributed by atoms with van der Waals surface area (Å²) in [6.45, 7) is 10.2. The fourth-order valence-electron chi connectivity index (χ4n) is 2.13. The van der Waals surface area contributed by atoms with Gasteiger partial charge in [0.1, 0.15) is 5.75 Å². The van der Waals surface area contributed by atoms with Crippen LogP contribution in [0.4, 0.5) is 0 Å². The molecule has 0 fully saturated rings. The van der Waals surface area contributed by atoms with Crippen molar-refractivity contribution in [3.05, 3.63) is 58.9 Å². The van der Waals surface area contributed by atoms with Gasteiger partial charge in [-0.25, -0.2) is 4.79 Å². The summed E-state index contributed by atoms with van der Waals surface area (Å²) in [6.07, 6.45) is 1.65. The SMILES string of the molecule is Cc1cc(C)cc(OC(=O)c2ccnc(C(C)(C)C)c2)c1. The van der Waals surface area contributed by atoms with E-state index in [-0.39, 0.29) is 11.4 Å². The molecule has 0 spiro atoms. The molecule has 1 aromatic heterocycles. The zero-order valence-corrected chi connectivity index (χ0v) is 13.2. The Balaban J connectivity index is 2.24. The number of pyridine rings is 1. The molecule has 2 aromatic rings. The molecule has 1 aromatic carbocycles. The number of nitrogens with zero attached hydrogens (tertiary/aromatic N) is 1. The number of hydrogen-bond donors (Lipinski definition) is 0. The largest absolute Gasteiger partial charge is 0.423 e. The molecule has 0 radical (unpaired) electrons. The Morgan fingerprint density at radius 2 is 1.67 bits per heavy atom. The maximum Gasteiger partial charge on any atom is 0.343 e. The molecule has 110 valence electrons. The van der Waals surface area contributed by atoms with Crippen LogP contribution in [0.3, 0.4) is 0 Å². The van der Waals surface area contributed by atoms with E-state index in [4.69, 9.17) is 4.74 Å². The van der Waals surface area contributed by atoms with Crippen molar-refractivity contribution in [3.63, 3.8) is 0 Å². The van der Waals surface area contributed by atoms with E-state index in [9.17, 15) is 4.79 Å². The third kappa shape index (κ3) is 3.91.